The third kappa shape index (κ3) is 5.75. The van der Waals surface area contributed by atoms with E-state index in [0.717, 1.165) is 0 Å². The van der Waals surface area contributed by atoms with Gasteiger partial charge in [-0.15, -0.1) is 0 Å². The van der Waals surface area contributed by atoms with Gasteiger partial charge in [0.15, 0.2) is 0 Å². The Balaban J connectivity index is 1.82. The Morgan fingerprint density at radius 1 is 0.846 bits per heavy atom. The molecule has 2 aromatic rings. The van der Waals surface area contributed by atoms with E-state index in [2.05, 4.69) is 16.0 Å². The van der Waals surface area contributed by atoms with Gasteiger partial charge in [-0.1, -0.05) is 29.3 Å². The van der Waals surface area contributed by atoms with Crippen molar-refractivity contribution in [3.8, 4) is 0 Å². The first-order valence-corrected chi connectivity index (χ1v) is 8.51. The van der Waals surface area contributed by atoms with Crippen molar-refractivity contribution in [1.82, 2.24) is 10.6 Å². The molecule has 6 nitrogen and oxygen atoms in total. The maximum Gasteiger partial charge on any atom is 0.251 e. The molecule has 0 aromatic heterocycles. The van der Waals surface area contributed by atoms with Crippen molar-refractivity contribution in [3.05, 3.63) is 63.6 Å². The van der Waals surface area contributed by atoms with Crippen molar-refractivity contribution < 1.29 is 14.4 Å². The number of amides is 3. The summed E-state index contributed by atoms with van der Waals surface area (Å²) in [7, 11) is 0. The highest BCUT2D eigenvalue weighted by atomic mass is 35.5. The first-order valence-electron chi connectivity index (χ1n) is 7.76. The number of hydrogen-bond donors (Lipinski definition) is 3. The average molecular weight is 394 g/mol. The van der Waals surface area contributed by atoms with Gasteiger partial charge in [0.2, 0.25) is 5.91 Å². The van der Waals surface area contributed by atoms with Gasteiger partial charge in [-0.25, -0.2) is 0 Å². The smallest absolute Gasteiger partial charge is 0.251 e. The lowest BCUT2D eigenvalue weighted by molar-refractivity contribution is -0.114. The molecule has 0 fully saturated rings. The second-order valence-electron chi connectivity index (χ2n) is 5.40. The van der Waals surface area contributed by atoms with E-state index in [1.165, 1.54) is 13.0 Å². The summed E-state index contributed by atoms with van der Waals surface area (Å²) in [5, 5.41) is 8.65. The monoisotopic (exact) mass is 393 g/mol. The summed E-state index contributed by atoms with van der Waals surface area (Å²) in [4.78, 5) is 35.2. The summed E-state index contributed by atoms with van der Waals surface area (Å²) >= 11 is 11.7. The molecule has 0 spiro atoms. The molecule has 136 valence electrons. The molecule has 0 radical (unpaired) electrons. The van der Waals surface area contributed by atoms with Crippen molar-refractivity contribution >= 4 is 46.6 Å². The molecule has 0 bridgehead atoms. The third-order valence-corrected chi connectivity index (χ3v) is 4.06. The molecule has 0 aliphatic heterocycles. The largest absolute Gasteiger partial charge is 0.350 e. The highest BCUT2D eigenvalue weighted by Gasteiger charge is 2.09. The average Bonchev–Trinajstić information content (AvgIpc) is 2.60. The first-order chi connectivity index (χ1) is 12.4. The Kier molecular flexibility index (Phi) is 7.00. The quantitative estimate of drug-likeness (QED) is 0.658. The minimum Gasteiger partial charge on any atom is -0.350 e. The lowest BCUT2D eigenvalue weighted by Crippen LogP contribution is -2.34. The standard InChI is InChI=1S/C18H17Cl2N3O3/c1-11(24)23-14-4-2-3-12(9-14)17(25)21-7-8-22-18(26)13-5-6-15(19)16(20)10-13/h2-6,9-10H,7-8H2,1H3,(H,21,25)(H,22,26)(H,23,24). The summed E-state index contributed by atoms with van der Waals surface area (Å²) < 4.78 is 0. The van der Waals surface area contributed by atoms with Crippen LogP contribution in [0.3, 0.4) is 0 Å². The van der Waals surface area contributed by atoms with Crippen LogP contribution in [0.25, 0.3) is 0 Å². The molecule has 0 atom stereocenters. The predicted octanol–water partition coefficient (Wildman–Crippen LogP) is 3.11. The molecule has 0 saturated heterocycles. The fraction of sp³-hybridized carbons (Fsp3) is 0.167. The van der Waals surface area contributed by atoms with Gasteiger partial charge in [-0.3, -0.25) is 14.4 Å². The zero-order valence-electron chi connectivity index (χ0n) is 13.9. The zero-order valence-corrected chi connectivity index (χ0v) is 15.4. The Hall–Kier alpha value is -2.57. The van der Waals surface area contributed by atoms with Crippen molar-refractivity contribution in [2.24, 2.45) is 0 Å². The second-order valence-corrected chi connectivity index (χ2v) is 6.22. The van der Waals surface area contributed by atoms with Crippen LogP contribution in [0.5, 0.6) is 0 Å². The number of carbonyl (C=O) groups is 3. The molecule has 2 rings (SSSR count). The van der Waals surface area contributed by atoms with Crippen LogP contribution < -0.4 is 16.0 Å². The minimum atomic E-state index is -0.314. The van der Waals surface area contributed by atoms with E-state index in [1.54, 1.807) is 36.4 Å². The maximum atomic E-state index is 12.1. The maximum absolute atomic E-state index is 12.1. The van der Waals surface area contributed by atoms with Gasteiger partial charge < -0.3 is 16.0 Å². The number of nitrogens with one attached hydrogen (secondary N) is 3. The molecule has 26 heavy (non-hydrogen) atoms. The van der Waals surface area contributed by atoms with E-state index in [-0.39, 0.29) is 30.8 Å². The number of halogens is 2. The molecule has 0 heterocycles. The van der Waals surface area contributed by atoms with E-state index >= 15 is 0 Å². The highest BCUT2D eigenvalue weighted by Crippen LogP contribution is 2.22. The van der Waals surface area contributed by atoms with Crippen molar-refractivity contribution in [1.29, 1.82) is 0 Å². The third-order valence-electron chi connectivity index (χ3n) is 3.32. The van der Waals surface area contributed by atoms with Crippen LogP contribution in [-0.2, 0) is 4.79 Å². The number of carbonyl (C=O) groups excluding carboxylic acids is 3. The summed E-state index contributed by atoms with van der Waals surface area (Å²) in [6.45, 7) is 1.88. The van der Waals surface area contributed by atoms with Gasteiger partial charge >= 0.3 is 0 Å². The normalized spacial score (nSPS) is 10.1. The predicted molar refractivity (Wildman–Crippen MR) is 102 cm³/mol. The molecule has 0 unspecified atom stereocenters. The van der Waals surface area contributed by atoms with Crippen molar-refractivity contribution in [2.75, 3.05) is 18.4 Å². The van der Waals surface area contributed by atoms with Crippen LogP contribution in [0.1, 0.15) is 27.6 Å². The summed E-state index contributed by atoms with van der Waals surface area (Å²) in [6, 6.07) is 11.2. The minimum absolute atomic E-state index is 0.215. The molecule has 3 amide bonds. The Bertz CT molecular complexity index is 840. The SMILES string of the molecule is CC(=O)Nc1cccc(C(=O)NCCNC(=O)c2ccc(Cl)c(Cl)c2)c1. The number of anilines is 1. The van der Waals surface area contributed by atoms with Crippen LogP contribution in [0.2, 0.25) is 10.0 Å². The lowest BCUT2D eigenvalue weighted by Gasteiger charge is -2.09. The molecule has 3 N–H and O–H groups in total. The molecular formula is C18H17Cl2N3O3. The first kappa shape index (κ1) is 19.8. The van der Waals surface area contributed by atoms with E-state index in [4.69, 9.17) is 23.2 Å². The number of rotatable bonds is 6. The van der Waals surface area contributed by atoms with Gasteiger partial charge in [0.1, 0.15) is 0 Å². The number of hydrogen-bond acceptors (Lipinski definition) is 3. The van der Waals surface area contributed by atoms with Crippen LogP contribution in [0.15, 0.2) is 42.5 Å². The summed E-state index contributed by atoms with van der Waals surface area (Å²) in [5.74, 6) is -0.834. The summed E-state index contributed by atoms with van der Waals surface area (Å²) in [6.07, 6.45) is 0. The molecular weight excluding hydrogens is 377 g/mol. The fourth-order valence-corrected chi connectivity index (χ4v) is 2.43. The van der Waals surface area contributed by atoms with Crippen molar-refractivity contribution in [2.45, 2.75) is 6.92 Å². The zero-order chi connectivity index (χ0) is 19.1. The second kappa shape index (κ2) is 9.22. The van der Waals surface area contributed by atoms with Crippen molar-refractivity contribution in [3.63, 3.8) is 0 Å². The molecule has 8 heteroatoms. The Morgan fingerprint density at radius 2 is 1.46 bits per heavy atom. The molecule has 0 aliphatic rings. The number of benzene rings is 2. The van der Waals surface area contributed by atoms with E-state index in [0.29, 0.717) is 26.9 Å². The van der Waals surface area contributed by atoms with Gasteiger partial charge in [0, 0.05) is 36.8 Å². The van der Waals surface area contributed by atoms with Gasteiger partial charge in [-0.2, -0.15) is 0 Å². The van der Waals surface area contributed by atoms with Gasteiger partial charge in [0.25, 0.3) is 11.8 Å². The molecule has 0 saturated carbocycles. The highest BCUT2D eigenvalue weighted by molar-refractivity contribution is 6.42. The van der Waals surface area contributed by atoms with E-state index in [9.17, 15) is 14.4 Å². The van der Waals surface area contributed by atoms with Crippen LogP contribution in [0, 0.1) is 0 Å². The topological polar surface area (TPSA) is 87.3 Å². The van der Waals surface area contributed by atoms with E-state index < -0.39 is 0 Å². The van der Waals surface area contributed by atoms with E-state index in [1.807, 2.05) is 0 Å². The Labute approximate surface area is 160 Å². The van der Waals surface area contributed by atoms with Crippen LogP contribution >= 0.6 is 23.2 Å². The fourth-order valence-electron chi connectivity index (χ4n) is 2.14. The summed E-state index contributed by atoms with van der Waals surface area (Å²) in [5.41, 5.74) is 1.33. The van der Waals surface area contributed by atoms with Crippen LogP contribution in [0.4, 0.5) is 5.69 Å². The Morgan fingerprint density at radius 3 is 2.04 bits per heavy atom. The van der Waals surface area contributed by atoms with Crippen LogP contribution in [-0.4, -0.2) is 30.8 Å². The lowest BCUT2D eigenvalue weighted by atomic mass is 10.2. The van der Waals surface area contributed by atoms with Gasteiger partial charge in [0.05, 0.1) is 10.0 Å². The molecule has 2 aromatic carbocycles. The molecule has 0 aliphatic carbocycles. The van der Waals surface area contributed by atoms with Gasteiger partial charge in [-0.05, 0) is 36.4 Å².